The maximum atomic E-state index is 11.8. The molecule has 4 heteroatoms. The van der Waals surface area contributed by atoms with Crippen molar-refractivity contribution in [2.24, 2.45) is 5.92 Å². The average Bonchev–Trinajstić information content (AvgIpc) is 3.21. The molecule has 1 amide bonds. The zero-order chi connectivity index (χ0) is 12.8. The van der Waals surface area contributed by atoms with Crippen LogP contribution in [-0.4, -0.2) is 49.7 Å². The van der Waals surface area contributed by atoms with Gasteiger partial charge in [0.1, 0.15) is 6.61 Å². The van der Waals surface area contributed by atoms with Crippen molar-refractivity contribution in [2.45, 2.75) is 45.1 Å². The quantitative estimate of drug-likeness (QED) is 0.698. The summed E-state index contributed by atoms with van der Waals surface area (Å²) in [6, 6.07) is 0.617. The largest absolute Gasteiger partial charge is 0.372 e. The van der Waals surface area contributed by atoms with Crippen LogP contribution in [0.25, 0.3) is 0 Å². The normalized spacial score (nSPS) is 21.3. The molecule has 1 aliphatic heterocycles. The first-order valence-electron chi connectivity index (χ1n) is 7.38. The van der Waals surface area contributed by atoms with Gasteiger partial charge < -0.3 is 15.0 Å². The van der Waals surface area contributed by atoms with E-state index in [1.54, 1.807) is 0 Å². The van der Waals surface area contributed by atoms with Crippen molar-refractivity contribution >= 4 is 5.91 Å². The molecule has 0 spiro atoms. The number of carbonyl (C=O) groups excluding carboxylic acids is 1. The molecule has 18 heavy (non-hydrogen) atoms. The topological polar surface area (TPSA) is 41.6 Å². The molecule has 2 aliphatic rings. The van der Waals surface area contributed by atoms with Crippen LogP contribution in [-0.2, 0) is 9.53 Å². The number of hydrogen-bond acceptors (Lipinski definition) is 3. The van der Waals surface area contributed by atoms with E-state index in [0.717, 1.165) is 38.3 Å². The van der Waals surface area contributed by atoms with E-state index in [4.69, 9.17) is 4.74 Å². The number of likely N-dealkylation sites (tertiary alicyclic amines) is 1. The van der Waals surface area contributed by atoms with Gasteiger partial charge >= 0.3 is 0 Å². The molecule has 1 N–H and O–H groups in total. The molecule has 0 radical (unpaired) electrons. The summed E-state index contributed by atoms with van der Waals surface area (Å²) in [6.45, 7) is 5.95. The molecular weight excluding hydrogens is 228 g/mol. The molecule has 1 saturated heterocycles. The maximum absolute atomic E-state index is 11.8. The first-order valence-corrected chi connectivity index (χ1v) is 7.38. The van der Waals surface area contributed by atoms with Gasteiger partial charge in [0, 0.05) is 25.7 Å². The van der Waals surface area contributed by atoms with Gasteiger partial charge in [0.2, 0.25) is 5.91 Å². The van der Waals surface area contributed by atoms with Crippen LogP contribution in [0.5, 0.6) is 0 Å². The predicted molar refractivity (Wildman–Crippen MR) is 71.4 cm³/mol. The molecule has 0 aromatic heterocycles. The molecule has 0 aromatic rings. The number of amides is 1. The summed E-state index contributed by atoms with van der Waals surface area (Å²) >= 11 is 0. The summed E-state index contributed by atoms with van der Waals surface area (Å²) in [6.07, 6.45) is 5.96. The summed E-state index contributed by atoms with van der Waals surface area (Å²) in [5.41, 5.74) is 0. The number of rotatable bonds is 7. The lowest BCUT2D eigenvalue weighted by atomic mass is 10.0. The highest BCUT2D eigenvalue weighted by Crippen LogP contribution is 2.28. The Morgan fingerprint density at radius 1 is 1.28 bits per heavy atom. The first kappa shape index (κ1) is 13.8. The predicted octanol–water partition coefficient (Wildman–Crippen LogP) is 1.40. The Labute approximate surface area is 110 Å². The second kappa shape index (κ2) is 7.10. The lowest BCUT2D eigenvalue weighted by molar-refractivity contribution is -0.137. The van der Waals surface area contributed by atoms with Crippen molar-refractivity contribution in [1.82, 2.24) is 10.2 Å². The molecule has 104 valence electrons. The highest BCUT2D eigenvalue weighted by atomic mass is 16.5. The third kappa shape index (κ3) is 4.58. The SMILES string of the molecule is CCCOCC(=O)N1CCC(NCC2CC2)CC1. The Morgan fingerprint density at radius 2 is 2.00 bits per heavy atom. The van der Waals surface area contributed by atoms with Gasteiger partial charge in [-0.05, 0) is 44.6 Å². The minimum atomic E-state index is 0.157. The Hall–Kier alpha value is -0.610. The van der Waals surface area contributed by atoms with E-state index in [-0.39, 0.29) is 12.5 Å². The van der Waals surface area contributed by atoms with Gasteiger partial charge in [-0.1, -0.05) is 6.92 Å². The standard InChI is InChI=1S/C14H26N2O2/c1-2-9-18-11-14(17)16-7-5-13(6-8-16)15-10-12-3-4-12/h12-13,15H,2-11H2,1H3. The van der Waals surface area contributed by atoms with E-state index in [1.807, 2.05) is 4.90 Å². The fourth-order valence-electron chi connectivity index (χ4n) is 2.38. The molecule has 2 rings (SSSR count). The van der Waals surface area contributed by atoms with Gasteiger partial charge in [0.15, 0.2) is 0 Å². The second-order valence-electron chi connectivity index (χ2n) is 5.56. The van der Waals surface area contributed by atoms with Crippen LogP contribution < -0.4 is 5.32 Å². The second-order valence-corrected chi connectivity index (χ2v) is 5.56. The zero-order valence-corrected chi connectivity index (χ0v) is 11.5. The number of nitrogens with one attached hydrogen (secondary N) is 1. The van der Waals surface area contributed by atoms with Crippen LogP contribution in [0, 0.1) is 5.92 Å². The molecule has 1 aliphatic carbocycles. The molecule has 0 bridgehead atoms. The summed E-state index contributed by atoms with van der Waals surface area (Å²) in [5.74, 6) is 1.09. The van der Waals surface area contributed by atoms with Crippen molar-refractivity contribution < 1.29 is 9.53 Å². The van der Waals surface area contributed by atoms with E-state index >= 15 is 0 Å². The molecule has 4 nitrogen and oxygen atoms in total. The summed E-state index contributed by atoms with van der Waals surface area (Å²) in [5, 5.41) is 3.63. The van der Waals surface area contributed by atoms with Crippen molar-refractivity contribution in [2.75, 3.05) is 32.8 Å². The van der Waals surface area contributed by atoms with E-state index < -0.39 is 0 Å². The summed E-state index contributed by atoms with van der Waals surface area (Å²) in [4.78, 5) is 13.8. The number of carbonyl (C=O) groups is 1. The molecule has 1 saturated carbocycles. The highest BCUT2D eigenvalue weighted by molar-refractivity contribution is 5.77. The van der Waals surface area contributed by atoms with E-state index in [0.29, 0.717) is 12.6 Å². The van der Waals surface area contributed by atoms with Gasteiger partial charge in [-0.3, -0.25) is 4.79 Å². The lowest BCUT2D eigenvalue weighted by Crippen LogP contribution is -2.46. The minimum Gasteiger partial charge on any atom is -0.372 e. The number of hydrogen-bond donors (Lipinski definition) is 1. The van der Waals surface area contributed by atoms with Crippen molar-refractivity contribution in [3.8, 4) is 0 Å². The number of ether oxygens (including phenoxy) is 1. The van der Waals surface area contributed by atoms with Gasteiger partial charge in [0.25, 0.3) is 0 Å². The Morgan fingerprint density at radius 3 is 2.61 bits per heavy atom. The Balaban J connectivity index is 1.58. The molecule has 0 atom stereocenters. The highest BCUT2D eigenvalue weighted by Gasteiger charge is 2.25. The van der Waals surface area contributed by atoms with Gasteiger partial charge in [-0.15, -0.1) is 0 Å². The van der Waals surface area contributed by atoms with E-state index in [2.05, 4.69) is 12.2 Å². The van der Waals surface area contributed by atoms with Gasteiger partial charge in [-0.2, -0.15) is 0 Å². The van der Waals surface area contributed by atoms with Crippen LogP contribution in [0.2, 0.25) is 0 Å². The zero-order valence-electron chi connectivity index (χ0n) is 11.5. The van der Waals surface area contributed by atoms with Crippen molar-refractivity contribution in [3.05, 3.63) is 0 Å². The summed E-state index contributed by atoms with van der Waals surface area (Å²) in [7, 11) is 0. The van der Waals surface area contributed by atoms with Crippen molar-refractivity contribution in [1.29, 1.82) is 0 Å². The lowest BCUT2D eigenvalue weighted by Gasteiger charge is -2.32. The Bertz CT molecular complexity index is 259. The van der Waals surface area contributed by atoms with Crippen LogP contribution in [0.15, 0.2) is 0 Å². The van der Waals surface area contributed by atoms with E-state index in [1.165, 1.54) is 19.4 Å². The maximum Gasteiger partial charge on any atom is 0.248 e. The van der Waals surface area contributed by atoms with Gasteiger partial charge in [-0.25, -0.2) is 0 Å². The van der Waals surface area contributed by atoms with E-state index in [9.17, 15) is 4.79 Å². The van der Waals surface area contributed by atoms with Crippen LogP contribution in [0.3, 0.4) is 0 Å². The molecular formula is C14H26N2O2. The van der Waals surface area contributed by atoms with Crippen molar-refractivity contribution in [3.63, 3.8) is 0 Å². The first-order chi connectivity index (χ1) is 8.79. The van der Waals surface area contributed by atoms with Crippen LogP contribution >= 0.6 is 0 Å². The monoisotopic (exact) mass is 254 g/mol. The molecule has 2 fully saturated rings. The van der Waals surface area contributed by atoms with Crippen LogP contribution in [0.4, 0.5) is 0 Å². The molecule has 0 unspecified atom stereocenters. The minimum absolute atomic E-state index is 0.157. The third-order valence-electron chi connectivity index (χ3n) is 3.81. The number of nitrogens with zero attached hydrogens (tertiary/aromatic N) is 1. The summed E-state index contributed by atoms with van der Waals surface area (Å²) < 4.78 is 5.31. The van der Waals surface area contributed by atoms with Crippen LogP contribution in [0.1, 0.15) is 39.0 Å². The number of piperidine rings is 1. The smallest absolute Gasteiger partial charge is 0.248 e. The molecule has 0 aromatic carbocycles. The molecule has 1 heterocycles. The third-order valence-corrected chi connectivity index (χ3v) is 3.81. The fraction of sp³-hybridized carbons (Fsp3) is 0.929. The average molecular weight is 254 g/mol. The van der Waals surface area contributed by atoms with Gasteiger partial charge in [0.05, 0.1) is 0 Å². The fourth-order valence-corrected chi connectivity index (χ4v) is 2.38. The Kier molecular flexibility index (Phi) is 5.45.